The van der Waals surface area contributed by atoms with E-state index in [1.807, 2.05) is 37.3 Å². The lowest BCUT2D eigenvalue weighted by atomic mass is 10.1. The van der Waals surface area contributed by atoms with Crippen molar-refractivity contribution in [3.8, 4) is 16.9 Å². The number of aromatic nitrogens is 2. The number of non-ortho nitro benzene ring substituents is 1. The molecule has 2 aromatic carbocycles. The van der Waals surface area contributed by atoms with E-state index in [9.17, 15) is 10.1 Å². The van der Waals surface area contributed by atoms with E-state index in [0.717, 1.165) is 46.9 Å². The van der Waals surface area contributed by atoms with Crippen LogP contribution in [0.1, 0.15) is 11.1 Å². The second-order valence-electron chi connectivity index (χ2n) is 5.86. The standard InChI is InChI=1S/C18H16N4O2/c1-12-7-8-14(22(23)24)11-16(12)21-18-15(9-10-19-18)17(20-21)13-5-3-2-4-6-13/h2-8,11,19H,9-10H2,1H3. The third kappa shape index (κ3) is 2.23. The molecule has 120 valence electrons. The van der Waals surface area contributed by atoms with Crippen LogP contribution in [0.4, 0.5) is 11.5 Å². The Labute approximate surface area is 138 Å². The van der Waals surface area contributed by atoms with Gasteiger partial charge in [0.2, 0.25) is 0 Å². The summed E-state index contributed by atoms with van der Waals surface area (Å²) < 4.78 is 1.80. The Balaban J connectivity index is 1.92. The first kappa shape index (κ1) is 14.4. The van der Waals surface area contributed by atoms with Crippen LogP contribution >= 0.6 is 0 Å². The van der Waals surface area contributed by atoms with Gasteiger partial charge in [-0.3, -0.25) is 10.1 Å². The summed E-state index contributed by atoms with van der Waals surface area (Å²) in [6.07, 6.45) is 0.896. The number of nitro groups is 1. The highest BCUT2D eigenvalue weighted by Crippen LogP contribution is 2.35. The Morgan fingerprint density at radius 2 is 2.00 bits per heavy atom. The number of hydrogen-bond acceptors (Lipinski definition) is 4. The molecule has 6 nitrogen and oxygen atoms in total. The fourth-order valence-electron chi connectivity index (χ4n) is 3.12. The summed E-state index contributed by atoms with van der Waals surface area (Å²) in [5.74, 6) is 0.928. The molecule has 0 fully saturated rings. The topological polar surface area (TPSA) is 73.0 Å². The Hall–Kier alpha value is -3.15. The molecule has 0 amide bonds. The highest BCUT2D eigenvalue weighted by molar-refractivity contribution is 5.73. The Morgan fingerprint density at radius 3 is 2.75 bits per heavy atom. The van der Waals surface area contributed by atoms with Crippen molar-refractivity contribution in [2.75, 3.05) is 11.9 Å². The minimum absolute atomic E-state index is 0.0686. The zero-order chi connectivity index (χ0) is 16.7. The zero-order valence-corrected chi connectivity index (χ0v) is 13.2. The van der Waals surface area contributed by atoms with Crippen molar-refractivity contribution in [2.24, 2.45) is 0 Å². The second kappa shape index (κ2) is 5.49. The lowest BCUT2D eigenvalue weighted by Gasteiger charge is -2.09. The predicted molar refractivity (Wildman–Crippen MR) is 92.6 cm³/mol. The van der Waals surface area contributed by atoms with Crippen LogP contribution in [0.3, 0.4) is 0 Å². The largest absolute Gasteiger partial charge is 0.369 e. The van der Waals surface area contributed by atoms with Gasteiger partial charge in [0.25, 0.3) is 5.69 Å². The average Bonchev–Trinajstić information content (AvgIpc) is 3.18. The predicted octanol–water partition coefficient (Wildman–Crippen LogP) is 3.72. The number of nitro benzene ring substituents is 1. The van der Waals surface area contributed by atoms with Gasteiger partial charge in [-0.1, -0.05) is 36.4 Å². The third-order valence-electron chi connectivity index (χ3n) is 4.33. The van der Waals surface area contributed by atoms with Crippen LogP contribution in [0.25, 0.3) is 16.9 Å². The summed E-state index contributed by atoms with van der Waals surface area (Å²) in [5.41, 5.74) is 4.89. The van der Waals surface area contributed by atoms with Gasteiger partial charge in [-0.2, -0.15) is 5.10 Å². The maximum Gasteiger partial charge on any atom is 0.271 e. The first-order valence-corrected chi connectivity index (χ1v) is 7.82. The van der Waals surface area contributed by atoms with Crippen LogP contribution in [0.2, 0.25) is 0 Å². The maximum absolute atomic E-state index is 11.1. The van der Waals surface area contributed by atoms with Gasteiger partial charge >= 0.3 is 0 Å². The van der Waals surface area contributed by atoms with Gasteiger partial charge in [0.15, 0.2) is 0 Å². The molecule has 0 radical (unpaired) electrons. The van der Waals surface area contributed by atoms with Crippen LogP contribution in [-0.2, 0) is 6.42 Å². The first-order valence-electron chi connectivity index (χ1n) is 7.82. The van der Waals surface area contributed by atoms with E-state index >= 15 is 0 Å². The molecule has 4 rings (SSSR count). The van der Waals surface area contributed by atoms with Gasteiger partial charge in [0, 0.05) is 29.8 Å². The quantitative estimate of drug-likeness (QED) is 0.589. The number of hydrogen-bond donors (Lipinski definition) is 1. The van der Waals surface area contributed by atoms with Gasteiger partial charge in [-0.25, -0.2) is 4.68 Å². The van der Waals surface area contributed by atoms with Gasteiger partial charge in [-0.05, 0) is 18.9 Å². The monoisotopic (exact) mass is 320 g/mol. The van der Waals surface area contributed by atoms with Crippen molar-refractivity contribution < 1.29 is 4.92 Å². The average molecular weight is 320 g/mol. The minimum Gasteiger partial charge on any atom is -0.369 e. The number of nitrogens with one attached hydrogen (secondary N) is 1. The molecule has 1 aliphatic rings. The molecular weight excluding hydrogens is 304 g/mol. The van der Waals surface area contributed by atoms with Crippen molar-refractivity contribution in [3.05, 3.63) is 69.8 Å². The molecule has 0 saturated heterocycles. The smallest absolute Gasteiger partial charge is 0.271 e. The number of nitrogens with zero attached hydrogens (tertiary/aromatic N) is 3. The molecule has 6 heteroatoms. The van der Waals surface area contributed by atoms with Crippen molar-refractivity contribution >= 4 is 11.5 Å². The zero-order valence-electron chi connectivity index (χ0n) is 13.2. The van der Waals surface area contributed by atoms with E-state index in [2.05, 4.69) is 5.32 Å². The van der Waals surface area contributed by atoms with Crippen LogP contribution in [0.15, 0.2) is 48.5 Å². The summed E-state index contributed by atoms with van der Waals surface area (Å²) in [6.45, 7) is 2.78. The van der Waals surface area contributed by atoms with E-state index in [-0.39, 0.29) is 10.6 Å². The molecule has 3 aromatic rings. The lowest BCUT2D eigenvalue weighted by molar-refractivity contribution is -0.384. The number of benzene rings is 2. The fraction of sp³-hybridized carbons (Fsp3) is 0.167. The van der Waals surface area contributed by atoms with E-state index in [4.69, 9.17) is 5.10 Å². The Bertz CT molecular complexity index is 932. The minimum atomic E-state index is -0.377. The number of anilines is 1. The normalized spacial score (nSPS) is 12.7. The molecular formula is C18H16N4O2. The van der Waals surface area contributed by atoms with Crippen LogP contribution in [0, 0.1) is 17.0 Å². The fourth-order valence-corrected chi connectivity index (χ4v) is 3.12. The van der Waals surface area contributed by atoms with Crippen molar-refractivity contribution in [3.63, 3.8) is 0 Å². The lowest BCUT2D eigenvalue weighted by Crippen LogP contribution is -2.06. The van der Waals surface area contributed by atoms with Crippen molar-refractivity contribution in [1.82, 2.24) is 9.78 Å². The number of rotatable bonds is 3. The molecule has 2 heterocycles. The molecule has 0 atom stereocenters. The van der Waals surface area contributed by atoms with E-state index < -0.39 is 0 Å². The SMILES string of the molecule is Cc1ccc([N+](=O)[O-])cc1-n1nc(-c2ccccc2)c2c1NCC2. The van der Waals surface area contributed by atoms with Gasteiger partial charge in [0.05, 0.1) is 16.3 Å². The van der Waals surface area contributed by atoms with Crippen LogP contribution in [-0.4, -0.2) is 21.2 Å². The summed E-state index contributed by atoms with van der Waals surface area (Å²) in [7, 11) is 0. The third-order valence-corrected chi connectivity index (χ3v) is 4.33. The van der Waals surface area contributed by atoms with Gasteiger partial charge in [0.1, 0.15) is 5.82 Å². The molecule has 0 bridgehead atoms. The van der Waals surface area contributed by atoms with Crippen molar-refractivity contribution in [1.29, 1.82) is 0 Å². The summed E-state index contributed by atoms with van der Waals surface area (Å²) in [6, 6.07) is 14.9. The van der Waals surface area contributed by atoms with E-state index in [1.165, 1.54) is 6.07 Å². The Morgan fingerprint density at radius 1 is 1.21 bits per heavy atom. The Kier molecular flexibility index (Phi) is 3.30. The number of fused-ring (bicyclic) bond motifs is 1. The molecule has 0 spiro atoms. The highest BCUT2D eigenvalue weighted by Gasteiger charge is 2.25. The summed E-state index contributed by atoms with van der Waals surface area (Å²) in [4.78, 5) is 10.7. The van der Waals surface area contributed by atoms with Crippen molar-refractivity contribution in [2.45, 2.75) is 13.3 Å². The van der Waals surface area contributed by atoms with Gasteiger partial charge in [-0.15, -0.1) is 0 Å². The molecule has 1 N–H and O–H groups in total. The van der Waals surface area contributed by atoms with E-state index in [1.54, 1.807) is 16.8 Å². The molecule has 0 unspecified atom stereocenters. The maximum atomic E-state index is 11.1. The first-order chi connectivity index (χ1) is 11.6. The van der Waals surface area contributed by atoms with E-state index in [0.29, 0.717) is 0 Å². The second-order valence-corrected chi connectivity index (χ2v) is 5.86. The highest BCUT2D eigenvalue weighted by atomic mass is 16.6. The molecule has 0 aliphatic carbocycles. The summed E-state index contributed by atoms with van der Waals surface area (Å²) in [5, 5.41) is 19.2. The molecule has 1 aromatic heterocycles. The summed E-state index contributed by atoms with van der Waals surface area (Å²) >= 11 is 0. The van der Waals surface area contributed by atoms with Crippen LogP contribution < -0.4 is 5.32 Å². The van der Waals surface area contributed by atoms with Crippen LogP contribution in [0.5, 0.6) is 0 Å². The molecule has 1 aliphatic heterocycles. The van der Waals surface area contributed by atoms with Gasteiger partial charge < -0.3 is 5.32 Å². The molecule has 24 heavy (non-hydrogen) atoms. The molecule has 0 saturated carbocycles. The number of aryl methyl sites for hydroxylation is 1.